The fourth-order valence-corrected chi connectivity index (χ4v) is 2.94. The molecular weight excluding hydrogens is 292 g/mol. The van der Waals surface area contributed by atoms with Gasteiger partial charge in [0.2, 0.25) is 5.91 Å². The fourth-order valence-electron chi connectivity index (χ4n) is 2.94. The van der Waals surface area contributed by atoms with Crippen LogP contribution in [0.25, 0.3) is 0 Å². The van der Waals surface area contributed by atoms with Gasteiger partial charge in [-0.15, -0.1) is 0 Å². The molecule has 2 aromatic rings. The van der Waals surface area contributed by atoms with Crippen molar-refractivity contribution in [2.24, 2.45) is 0 Å². The number of anilines is 1. The Hall–Kier alpha value is -2.57. The van der Waals surface area contributed by atoms with E-state index in [0.717, 1.165) is 42.3 Å². The van der Waals surface area contributed by atoms with Crippen LogP contribution in [0, 0.1) is 6.92 Å². The molecule has 120 valence electrons. The van der Waals surface area contributed by atoms with Crippen LogP contribution in [0.5, 0.6) is 0 Å². The van der Waals surface area contributed by atoms with Crippen molar-refractivity contribution < 1.29 is 4.79 Å². The standard InChI is InChI=1S/C16H20N6O/c1-11-18-8-13(9-19-12(2)23)16(21-11)14-4-3-7-22(14)15-5-6-17-10-20-15/h5-6,8,10,14H,3-4,7,9H2,1-2H3,(H,19,23)/t14-/m1/s1. The molecular formula is C16H20N6O. The van der Waals surface area contributed by atoms with Crippen LogP contribution >= 0.6 is 0 Å². The fraction of sp³-hybridized carbons (Fsp3) is 0.438. The lowest BCUT2D eigenvalue weighted by molar-refractivity contribution is -0.119. The Labute approximate surface area is 135 Å². The van der Waals surface area contributed by atoms with E-state index in [1.165, 1.54) is 6.92 Å². The van der Waals surface area contributed by atoms with Gasteiger partial charge in [-0.2, -0.15) is 0 Å². The van der Waals surface area contributed by atoms with Gasteiger partial charge in [0.25, 0.3) is 0 Å². The molecule has 0 aromatic carbocycles. The minimum Gasteiger partial charge on any atom is -0.352 e. The maximum atomic E-state index is 11.2. The quantitative estimate of drug-likeness (QED) is 0.922. The van der Waals surface area contributed by atoms with E-state index < -0.39 is 0 Å². The number of amides is 1. The molecule has 0 unspecified atom stereocenters. The minimum absolute atomic E-state index is 0.0596. The van der Waals surface area contributed by atoms with Crippen molar-refractivity contribution in [3.05, 3.63) is 41.9 Å². The summed E-state index contributed by atoms with van der Waals surface area (Å²) in [5, 5.41) is 2.84. The topological polar surface area (TPSA) is 83.9 Å². The lowest BCUT2D eigenvalue weighted by atomic mass is 10.1. The second-order valence-electron chi connectivity index (χ2n) is 5.66. The molecule has 0 saturated carbocycles. The highest BCUT2D eigenvalue weighted by Crippen LogP contribution is 2.35. The first-order chi connectivity index (χ1) is 11.1. The van der Waals surface area contributed by atoms with E-state index in [1.54, 1.807) is 12.5 Å². The van der Waals surface area contributed by atoms with Crippen molar-refractivity contribution in [2.75, 3.05) is 11.4 Å². The van der Waals surface area contributed by atoms with Crippen molar-refractivity contribution in [3.63, 3.8) is 0 Å². The van der Waals surface area contributed by atoms with Gasteiger partial charge in [-0.3, -0.25) is 4.79 Å². The summed E-state index contributed by atoms with van der Waals surface area (Å²) in [6.45, 7) is 4.77. The molecule has 7 nitrogen and oxygen atoms in total. The van der Waals surface area contributed by atoms with Crippen LogP contribution in [0.4, 0.5) is 5.82 Å². The normalized spacial score (nSPS) is 17.3. The molecule has 0 spiro atoms. The number of rotatable bonds is 4. The molecule has 2 aromatic heterocycles. The molecule has 1 N–H and O–H groups in total. The third-order valence-electron chi connectivity index (χ3n) is 3.98. The van der Waals surface area contributed by atoms with Crippen LogP contribution in [0.1, 0.15) is 42.9 Å². The van der Waals surface area contributed by atoms with E-state index in [-0.39, 0.29) is 11.9 Å². The Morgan fingerprint density at radius 2 is 2.30 bits per heavy atom. The lowest BCUT2D eigenvalue weighted by Gasteiger charge is -2.26. The van der Waals surface area contributed by atoms with E-state index in [2.05, 4.69) is 30.2 Å². The third-order valence-corrected chi connectivity index (χ3v) is 3.98. The number of aryl methyl sites for hydroxylation is 1. The predicted molar refractivity (Wildman–Crippen MR) is 85.6 cm³/mol. The van der Waals surface area contributed by atoms with Gasteiger partial charge in [-0.25, -0.2) is 19.9 Å². The lowest BCUT2D eigenvalue weighted by Crippen LogP contribution is -2.27. The molecule has 1 aliphatic heterocycles. The zero-order valence-electron chi connectivity index (χ0n) is 13.4. The van der Waals surface area contributed by atoms with Crippen LogP contribution in [-0.2, 0) is 11.3 Å². The van der Waals surface area contributed by atoms with Crippen molar-refractivity contribution in [3.8, 4) is 0 Å². The van der Waals surface area contributed by atoms with E-state index in [4.69, 9.17) is 0 Å². The maximum Gasteiger partial charge on any atom is 0.217 e. The largest absolute Gasteiger partial charge is 0.352 e. The highest BCUT2D eigenvalue weighted by molar-refractivity contribution is 5.72. The van der Waals surface area contributed by atoms with Gasteiger partial charge >= 0.3 is 0 Å². The van der Waals surface area contributed by atoms with E-state index >= 15 is 0 Å². The van der Waals surface area contributed by atoms with Gasteiger partial charge in [0.1, 0.15) is 18.0 Å². The first-order valence-corrected chi connectivity index (χ1v) is 7.74. The van der Waals surface area contributed by atoms with Crippen molar-refractivity contribution in [1.82, 2.24) is 25.3 Å². The molecule has 0 bridgehead atoms. The van der Waals surface area contributed by atoms with Gasteiger partial charge in [-0.05, 0) is 25.8 Å². The zero-order valence-corrected chi connectivity index (χ0v) is 13.4. The monoisotopic (exact) mass is 312 g/mol. The van der Waals surface area contributed by atoms with Crippen LogP contribution in [-0.4, -0.2) is 32.4 Å². The summed E-state index contributed by atoms with van der Waals surface area (Å²) in [4.78, 5) is 30.8. The summed E-state index contributed by atoms with van der Waals surface area (Å²) < 4.78 is 0. The van der Waals surface area contributed by atoms with Gasteiger partial charge in [0.15, 0.2) is 0 Å². The number of aromatic nitrogens is 4. The van der Waals surface area contributed by atoms with Crippen molar-refractivity contribution in [2.45, 2.75) is 39.3 Å². The molecule has 7 heteroatoms. The molecule has 3 heterocycles. The number of hydrogen-bond donors (Lipinski definition) is 1. The summed E-state index contributed by atoms with van der Waals surface area (Å²) in [6.07, 6.45) is 7.21. The number of carbonyl (C=O) groups excluding carboxylic acids is 1. The molecule has 0 aliphatic carbocycles. The van der Waals surface area contributed by atoms with Gasteiger partial charge in [-0.1, -0.05) is 0 Å². The minimum atomic E-state index is -0.0596. The van der Waals surface area contributed by atoms with E-state index in [0.29, 0.717) is 6.54 Å². The zero-order chi connectivity index (χ0) is 16.2. The number of hydrogen-bond acceptors (Lipinski definition) is 6. The Morgan fingerprint density at radius 3 is 3.04 bits per heavy atom. The highest BCUT2D eigenvalue weighted by Gasteiger charge is 2.30. The Morgan fingerprint density at radius 1 is 1.43 bits per heavy atom. The molecule has 1 amide bonds. The molecule has 0 radical (unpaired) electrons. The van der Waals surface area contributed by atoms with Crippen LogP contribution < -0.4 is 10.2 Å². The Kier molecular flexibility index (Phi) is 4.45. The van der Waals surface area contributed by atoms with Gasteiger partial charge in [0, 0.05) is 38.0 Å². The van der Waals surface area contributed by atoms with Crippen molar-refractivity contribution in [1.29, 1.82) is 0 Å². The van der Waals surface area contributed by atoms with Gasteiger partial charge < -0.3 is 10.2 Å². The Bertz CT molecular complexity index is 690. The van der Waals surface area contributed by atoms with Crippen LogP contribution in [0.2, 0.25) is 0 Å². The van der Waals surface area contributed by atoms with Crippen molar-refractivity contribution >= 4 is 11.7 Å². The molecule has 1 fully saturated rings. The number of carbonyl (C=O) groups is 1. The predicted octanol–water partition coefficient (Wildman–Crippen LogP) is 1.55. The van der Waals surface area contributed by atoms with E-state index in [9.17, 15) is 4.79 Å². The maximum absolute atomic E-state index is 11.2. The summed E-state index contributed by atoms with van der Waals surface area (Å²) in [5.41, 5.74) is 1.93. The molecule has 3 rings (SSSR count). The highest BCUT2D eigenvalue weighted by atomic mass is 16.1. The molecule has 1 aliphatic rings. The SMILES string of the molecule is CC(=O)NCc1cnc(C)nc1[C@H]1CCCN1c1ccncn1. The summed E-state index contributed by atoms with van der Waals surface area (Å²) in [7, 11) is 0. The summed E-state index contributed by atoms with van der Waals surface area (Å²) in [5.74, 6) is 1.58. The number of nitrogens with zero attached hydrogens (tertiary/aromatic N) is 5. The average Bonchev–Trinajstić information content (AvgIpc) is 3.03. The van der Waals surface area contributed by atoms with Crippen LogP contribution in [0.3, 0.4) is 0 Å². The van der Waals surface area contributed by atoms with Crippen LogP contribution in [0.15, 0.2) is 24.8 Å². The molecule has 23 heavy (non-hydrogen) atoms. The average molecular weight is 312 g/mol. The number of nitrogens with one attached hydrogen (secondary N) is 1. The molecule has 1 atom stereocenters. The van der Waals surface area contributed by atoms with Gasteiger partial charge in [0.05, 0.1) is 11.7 Å². The Balaban J connectivity index is 1.93. The van der Waals surface area contributed by atoms with E-state index in [1.807, 2.05) is 19.2 Å². The summed E-state index contributed by atoms with van der Waals surface area (Å²) >= 11 is 0. The summed E-state index contributed by atoms with van der Waals surface area (Å²) in [6, 6.07) is 2.07. The smallest absolute Gasteiger partial charge is 0.217 e. The first-order valence-electron chi connectivity index (χ1n) is 7.74. The second kappa shape index (κ2) is 6.68. The second-order valence-corrected chi connectivity index (χ2v) is 5.66. The third kappa shape index (κ3) is 3.44. The first kappa shape index (κ1) is 15.3. The molecule has 1 saturated heterocycles.